The first-order chi connectivity index (χ1) is 9.97. The van der Waals surface area contributed by atoms with Crippen LogP contribution >= 0.6 is 0 Å². The molecule has 5 nitrogen and oxygen atoms in total. The Bertz CT molecular complexity index is 500. The molecule has 0 aliphatic rings. The van der Waals surface area contributed by atoms with E-state index < -0.39 is 10.0 Å². The van der Waals surface area contributed by atoms with Gasteiger partial charge >= 0.3 is 0 Å². The monoisotopic (exact) mass is 314 g/mol. The summed E-state index contributed by atoms with van der Waals surface area (Å²) in [5.41, 5.74) is 1.19. The molecule has 0 spiro atoms. The quantitative estimate of drug-likeness (QED) is 0.670. The molecule has 0 aliphatic carbocycles. The molecule has 0 aromatic heterocycles. The van der Waals surface area contributed by atoms with Gasteiger partial charge in [-0.25, -0.2) is 12.7 Å². The Morgan fingerprint density at radius 3 is 2.38 bits per heavy atom. The summed E-state index contributed by atoms with van der Waals surface area (Å²) in [6, 6.07) is 7.99. The van der Waals surface area contributed by atoms with Gasteiger partial charge in [-0.2, -0.15) is 0 Å². The summed E-state index contributed by atoms with van der Waals surface area (Å²) in [4.78, 5) is 0. The van der Waals surface area contributed by atoms with Gasteiger partial charge in [-0.05, 0) is 37.6 Å². The molecule has 1 aromatic carbocycles. The van der Waals surface area contributed by atoms with Crippen LogP contribution < -0.4 is 10.1 Å². The fourth-order valence-electron chi connectivity index (χ4n) is 2.04. The van der Waals surface area contributed by atoms with Gasteiger partial charge < -0.3 is 10.1 Å². The molecule has 0 fully saturated rings. The topological polar surface area (TPSA) is 58.6 Å². The Morgan fingerprint density at radius 1 is 1.19 bits per heavy atom. The molecule has 6 heteroatoms. The third-order valence-corrected chi connectivity index (χ3v) is 4.53. The number of nitrogens with zero attached hydrogens (tertiary/aromatic N) is 1. The number of sulfonamides is 1. The van der Waals surface area contributed by atoms with Crippen molar-refractivity contribution in [3.63, 3.8) is 0 Å². The van der Waals surface area contributed by atoms with Crippen molar-refractivity contribution in [3.05, 3.63) is 29.8 Å². The lowest BCUT2D eigenvalue weighted by atomic mass is 10.2. The van der Waals surface area contributed by atoms with Crippen LogP contribution in [0.1, 0.15) is 25.8 Å². The Kier molecular flexibility index (Phi) is 7.71. The Hall–Kier alpha value is -1.11. The van der Waals surface area contributed by atoms with Gasteiger partial charge in [0, 0.05) is 19.6 Å². The number of benzene rings is 1. The minimum atomic E-state index is -3.07. The highest BCUT2D eigenvalue weighted by molar-refractivity contribution is 7.88. The van der Waals surface area contributed by atoms with Gasteiger partial charge in [0.25, 0.3) is 0 Å². The molecule has 0 saturated heterocycles. The molecule has 0 radical (unpaired) electrons. The zero-order valence-corrected chi connectivity index (χ0v) is 13.9. The SMILES string of the molecule is CCOc1ccc(CNCCCN(CC)S(C)(=O)=O)cc1. The van der Waals surface area contributed by atoms with E-state index in [1.807, 2.05) is 38.1 Å². The molecule has 0 unspecified atom stereocenters. The maximum Gasteiger partial charge on any atom is 0.211 e. The first-order valence-electron chi connectivity index (χ1n) is 7.35. The molecule has 0 amide bonds. The van der Waals surface area contributed by atoms with E-state index in [2.05, 4.69) is 5.32 Å². The summed E-state index contributed by atoms with van der Waals surface area (Å²) < 4.78 is 29.7. The molecule has 120 valence electrons. The maximum absolute atomic E-state index is 11.4. The number of ether oxygens (including phenoxy) is 1. The van der Waals surface area contributed by atoms with Crippen LogP contribution in [0, 0.1) is 0 Å². The van der Waals surface area contributed by atoms with E-state index in [1.54, 1.807) is 0 Å². The van der Waals surface area contributed by atoms with Gasteiger partial charge in [0.1, 0.15) is 5.75 Å². The van der Waals surface area contributed by atoms with Gasteiger partial charge in [0.15, 0.2) is 0 Å². The van der Waals surface area contributed by atoms with Crippen LogP contribution in [0.5, 0.6) is 5.75 Å². The fraction of sp³-hybridized carbons (Fsp3) is 0.600. The highest BCUT2D eigenvalue weighted by Crippen LogP contribution is 2.11. The Balaban J connectivity index is 2.25. The average Bonchev–Trinajstić information content (AvgIpc) is 2.43. The highest BCUT2D eigenvalue weighted by atomic mass is 32.2. The number of rotatable bonds is 10. The minimum Gasteiger partial charge on any atom is -0.494 e. The van der Waals surface area contributed by atoms with E-state index in [9.17, 15) is 8.42 Å². The van der Waals surface area contributed by atoms with Crippen molar-refractivity contribution in [2.75, 3.05) is 32.5 Å². The van der Waals surface area contributed by atoms with Crippen molar-refractivity contribution in [1.29, 1.82) is 0 Å². The first kappa shape index (κ1) is 17.9. The lowest BCUT2D eigenvalue weighted by Gasteiger charge is -2.17. The highest BCUT2D eigenvalue weighted by Gasteiger charge is 2.12. The van der Waals surface area contributed by atoms with E-state index in [4.69, 9.17) is 4.74 Å². The Labute approximate surface area is 128 Å². The normalized spacial score (nSPS) is 11.8. The number of nitrogens with one attached hydrogen (secondary N) is 1. The zero-order chi connectivity index (χ0) is 15.7. The summed E-state index contributed by atoms with van der Waals surface area (Å²) in [6.45, 7) is 7.14. The summed E-state index contributed by atoms with van der Waals surface area (Å²) in [6.07, 6.45) is 2.06. The van der Waals surface area contributed by atoms with Crippen molar-refractivity contribution in [2.45, 2.75) is 26.8 Å². The van der Waals surface area contributed by atoms with Crippen molar-refractivity contribution < 1.29 is 13.2 Å². The van der Waals surface area contributed by atoms with Gasteiger partial charge in [-0.15, -0.1) is 0 Å². The molecule has 0 aliphatic heterocycles. The molecule has 0 bridgehead atoms. The molecular formula is C15H26N2O3S. The van der Waals surface area contributed by atoms with Crippen molar-refractivity contribution in [2.24, 2.45) is 0 Å². The summed E-state index contributed by atoms with van der Waals surface area (Å²) in [5, 5.41) is 3.32. The Morgan fingerprint density at radius 2 is 1.86 bits per heavy atom. The van der Waals surface area contributed by atoms with E-state index in [-0.39, 0.29) is 0 Å². The van der Waals surface area contributed by atoms with E-state index in [0.717, 1.165) is 25.3 Å². The van der Waals surface area contributed by atoms with Crippen molar-refractivity contribution >= 4 is 10.0 Å². The second kappa shape index (κ2) is 9.02. The molecule has 1 aromatic rings. The second-order valence-corrected chi connectivity index (χ2v) is 6.84. The molecule has 0 heterocycles. The van der Waals surface area contributed by atoms with E-state index >= 15 is 0 Å². The van der Waals surface area contributed by atoms with E-state index in [1.165, 1.54) is 16.1 Å². The van der Waals surface area contributed by atoms with Gasteiger partial charge in [-0.3, -0.25) is 0 Å². The van der Waals surface area contributed by atoms with Gasteiger partial charge in [0.2, 0.25) is 10.0 Å². The van der Waals surface area contributed by atoms with E-state index in [0.29, 0.717) is 19.7 Å². The molecule has 1 rings (SSSR count). The van der Waals surface area contributed by atoms with Crippen LogP contribution in [0.4, 0.5) is 0 Å². The maximum atomic E-state index is 11.4. The molecular weight excluding hydrogens is 288 g/mol. The minimum absolute atomic E-state index is 0.526. The number of hydrogen-bond donors (Lipinski definition) is 1. The largest absolute Gasteiger partial charge is 0.494 e. The van der Waals surface area contributed by atoms with Gasteiger partial charge in [0.05, 0.1) is 12.9 Å². The predicted molar refractivity (Wildman–Crippen MR) is 86.0 cm³/mol. The van der Waals surface area contributed by atoms with Crippen molar-refractivity contribution in [1.82, 2.24) is 9.62 Å². The third-order valence-electron chi connectivity index (χ3n) is 3.15. The fourth-order valence-corrected chi connectivity index (χ4v) is 2.97. The molecule has 0 atom stereocenters. The van der Waals surface area contributed by atoms with Crippen molar-refractivity contribution in [3.8, 4) is 5.75 Å². The van der Waals surface area contributed by atoms with Crippen LogP contribution in [0.2, 0.25) is 0 Å². The van der Waals surface area contributed by atoms with Crippen LogP contribution in [0.15, 0.2) is 24.3 Å². The van der Waals surface area contributed by atoms with Crippen LogP contribution in [0.25, 0.3) is 0 Å². The third kappa shape index (κ3) is 6.93. The smallest absolute Gasteiger partial charge is 0.211 e. The van der Waals surface area contributed by atoms with Crippen LogP contribution in [0.3, 0.4) is 0 Å². The average molecular weight is 314 g/mol. The second-order valence-electron chi connectivity index (χ2n) is 4.86. The molecule has 0 saturated carbocycles. The lowest BCUT2D eigenvalue weighted by molar-refractivity contribution is 0.340. The lowest BCUT2D eigenvalue weighted by Crippen LogP contribution is -2.32. The standard InChI is InChI=1S/C15H26N2O3S/c1-4-17(21(3,18)19)12-6-11-16-13-14-7-9-15(10-8-14)20-5-2/h7-10,16H,4-6,11-13H2,1-3H3. The van der Waals surface area contributed by atoms with Crippen LogP contribution in [-0.2, 0) is 16.6 Å². The summed E-state index contributed by atoms with van der Waals surface area (Å²) >= 11 is 0. The summed E-state index contributed by atoms with van der Waals surface area (Å²) in [5.74, 6) is 0.882. The van der Waals surface area contributed by atoms with Gasteiger partial charge in [-0.1, -0.05) is 19.1 Å². The summed E-state index contributed by atoms with van der Waals surface area (Å²) in [7, 11) is -3.07. The number of hydrogen-bond acceptors (Lipinski definition) is 4. The predicted octanol–water partition coefficient (Wildman–Crippen LogP) is 1.85. The zero-order valence-electron chi connectivity index (χ0n) is 13.1. The first-order valence-corrected chi connectivity index (χ1v) is 9.19. The van der Waals surface area contributed by atoms with Crippen LogP contribution in [-0.4, -0.2) is 45.2 Å². The molecule has 1 N–H and O–H groups in total. The molecule has 21 heavy (non-hydrogen) atoms.